The lowest BCUT2D eigenvalue weighted by atomic mass is 9.81. The van der Waals surface area contributed by atoms with Crippen molar-refractivity contribution in [1.82, 2.24) is 0 Å². The van der Waals surface area contributed by atoms with Crippen LogP contribution in [0.2, 0.25) is 0 Å². The number of halogens is 1. The number of nitrogens with one attached hydrogen (secondary N) is 1. The average molecular weight is 370 g/mol. The summed E-state index contributed by atoms with van der Waals surface area (Å²) in [4.78, 5) is 1.76. The second-order valence-electron chi connectivity index (χ2n) is 8.21. The standard InChI is InChI=1S/C24H31N.ClH/c1-25-17-7-6-11-23(25)16-15-20-14-13-19-8-2-3-9-21(19)18-22-10-4-5-12-24(20)22;/h2,4-5,8,10,12-14,20,23H,3,6-7,9,11,15-18H2,1H3;1H/b14-13-;. The van der Waals surface area contributed by atoms with E-state index in [0.717, 1.165) is 12.5 Å². The van der Waals surface area contributed by atoms with Gasteiger partial charge in [0.05, 0.1) is 19.6 Å². The Morgan fingerprint density at radius 3 is 2.85 bits per heavy atom. The topological polar surface area (TPSA) is 4.44 Å². The molecule has 1 heterocycles. The van der Waals surface area contributed by atoms with E-state index in [1.807, 2.05) is 0 Å². The Hall–Kier alpha value is -1.31. The van der Waals surface area contributed by atoms with Crippen LogP contribution >= 0.6 is 0 Å². The smallest absolute Gasteiger partial charge is 0.0873 e. The van der Waals surface area contributed by atoms with E-state index < -0.39 is 0 Å². The number of likely N-dealkylation sites (tertiary alicyclic amines) is 1. The van der Waals surface area contributed by atoms with Gasteiger partial charge in [-0.05, 0) is 61.6 Å². The number of benzene rings is 1. The van der Waals surface area contributed by atoms with Crippen LogP contribution in [0.5, 0.6) is 0 Å². The minimum absolute atomic E-state index is 0. The van der Waals surface area contributed by atoms with Crippen LogP contribution in [-0.4, -0.2) is 19.6 Å². The Kier molecular flexibility index (Phi) is 6.78. The zero-order valence-electron chi connectivity index (χ0n) is 16.0. The van der Waals surface area contributed by atoms with Gasteiger partial charge in [0, 0.05) is 12.3 Å². The molecule has 1 aromatic rings. The van der Waals surface area contributed by atoms with Gasteiger partial charge in [0.2, 0.25) is 0 Å². The van der Waals surface area contributed by atoms with Crippen molar-refractivity contribution in [3.05, 3.63) is 70.8 Å². The Morgan fingerprint density at radius 2 is 1.96 bits per heavy atom. The molecule has 0 aromatic heterocycles. The van der Waals surface area contributed by atoms with E-state index in [1.54, 1.807) is 21.6 Å². The number of rotatable bonds is 3. The molecular weight excluding hydrogens is 338 g/mol. The maximum Gasteiger partial charge on any atom is 0.0873 e. The van der Waals surface area contributed by atoms with Crippen molar-refractivity contribution < 1.29 is 17.3 Å². The third kappa shape index (κ3) is 4.32. The summed E-state index contributed by atoms with van der Waals surface area (Å²) >= 11 is 0. The van der Waals surface area contributed by atoms with E-state index in [1.165, 1.54) is 57.1 Å². The highest BCUT2D eigenvalue weighted by atomic mass is 35.5. The first-order valence-electron chi connectivity index (χ1n) is 10.3. The quantitative estimate of drug-likeness (QED) is 0.821. The van der Waals surface area contributed by atoms with Gasteiger partial charge in [-0.15, -0.1) is 0 Å². The molecule has 140 valence electrons. The molecule has 3 atom stereocenters. The summed E-state index contributed by atoms with van der Waals surface area (Å²) in [6.45, 7) is 1.36. The summed E-state index contributed by atoms with van der Waals surface area (Å²) in [6.07, 6.45) is 20.1. The Labute approximate surface area is 165 Å². The predicted octanol–water partition coefficient (Wildman–Crippen LogP) is 1.38. The second kappa shape index (κ2) is 9.06. The maximum absolute atomic E-state index is 2.50. The molecular formula is C24H32ClN. The van der Waals surface area contributed by atoms with Gasteiger partial charge >= 0.3 is 0 Å². The van der Waals surface area contributed by atoms with Crippen molar-refractivity contribution in [3.8, 4) is 0 Å². The van der Waals surface area contributed by atoms with Gasteiger partial charge in [0.15, 0.2) is 0 Å². The van der Waals surface area contributed by atoms with Crippen molar-refractivity contribution in [2.24, 2.45) is 0 Å². The molecule has 0 amide bonds. The molecule has 0 spiro atoms. The molecule has 3 aliphatic rings. The van der Waals surface area contributed by atoms with Crippen molar-refractivity contribution >= 4 is 0 Å². The molecule has 1 N–H and O–H groups in total. The highest BCUT2D eigenvalue weighted by Gasteiger charge is 2.25. The van der Waals surface area contributed by atoms with Crippen LogP contribution in [-0.2, 0) is 6.42 Å². The molecule has 1 saturated heterocycles. The van der Waals surface area contributed by atoms with Crippen LogP contribution in [0.4, 0.5) is 0 Å². The SMILES string of the molecule is C[NH+]1CCCCC1CCC1/C=C\C2=C(CCC=C2)Cc2ccccc21.[Cl-]. The van der Waals surface area contributed by atoms with Crippen LogP contribution < -0.4 is 17.3 Å². The molecule has 26 heavy (non-hydrogen) atoms. The van der Waals surface area contributed by atoms with E-state index in [-0.39, 0.29) is 12.4 Å². The summed E-state index contributed by atoms with van der Waals surface area (Å²) in [5.74, 6) is 0.579. The van der Waals surface area contributed by atoms with Gasteiger partial charge in [-0.3, -0.25) is 0 Å². The molecule has 4 rings (SSSR count). The predicted molar refractivity (Wildman–Crippen MR) is 106 cm³/mol. The lowest BCUT2D eigenvalue weighted by molar-refractivity contribution is -0.911. The summed E-state index contributed by atoms with van der Waals surface area (Å²) in [6, 6.07) is 10.1. The number of allylic oxidation sites excluding steroid dienone is 6. The van der Waals surface area contributed by atoms with Crippen molar-refractivity contribution in [3.63, 3.8) is 0 Å². The van der Waals surface area contributed by atoms with E-state index in [0.29, 0.717) is 5.92 Å². The Morgan fingerprint density at radius 1 is 1.08 bits per heavy atom. The Bertz CT molecular complexity index is 700. The minimum Gasteiger partial charge on any atom is -1.00 e. The number of hydrogen-bond donors (Lipinski definition) is 1. The van der Waals surface area contributed by atoms with Gasteiger partial charge in [-0.25, -0.2) is 0 Å². The van der Waals surface area contributed by atoms with Gasteiger partial charge in [0.25, 0.3) is 0 Å². The summed E-state index contributed by atoms with van der Waals surface area (Å²) in [7, 11) is 2.40. The monoisotopic (exact) mass is 369 g/mol. The molecule has 1 aromatic carbocycles. The molecule has 3 unspecified atom stereocenters. The third-order valence-corrected chi connectivity index (χ3v) is 6.58. The zero-order chi connectivity index (χ0) is 17.1. The van der Waals surface area contributed by atoms with Gasteiger partial charge in [-0.2, -0.15) is 0 Å². The van der Waals surface area contributed by atoms with E-state index in [4.69, 9.17) is 0 Å². The first kappa shape index (κ1) is 19.5. The van der Waals surface area contributed by atoms with Gasteiger partial charge in [0.1, 0.15) is 0 Å². The van der Waals surface area contributed by atoms with E-state index in [9.17, 15) is 0 Å². The molecule has 0 bridgehead atoms. The fraction of sp³-hybridized carbons (Fsp3) is 0.500. The highest BCUT2D eigenvalue weighted by molar-refractivity contribution is 5.46. The van der Waals surface area contributed by atoms with Crippen LogP contribution in [0.15, 0.2) is 59.7 Å². The number of piperidine rings is 1. The fourth-order valence-electron chi connectivity index (χ4n) is 4.97. The average Bonchev–Trinajstić information content (AvgIpc) is 2.63. The molecule has 2 aliphatic carbocycles. The summed E-state index contributed by atoms with van der Waals surface area (Å²) in [5.41, 5.74) is 6.24. The van der Waals surface area contributed by atoms with Crippen molar-refractivity contribution in [2.75, 3.05) is 13.6 Å². The molecule has 2 heteroatoms. The molecule has 1 aliphatic heterocycles. The minimum atomic E-state index is 0. The Balaban J connectivity index is 0.00000196. The molecule has 0 saturated carbocycles. The zero-order valence-corrected chi connectivity index (χ0v) is 16.8. The first-order chi connectivity index (χ1) is 12.3. The number of quaternary nitrogens is 1. The van der Waals surface area contributed by atoms with Crippen LogP contribution in [0.3, 0.4) is 0 Å². The number of hydrogen-bond acceptors (Lipinski definition) is 0. The van der Waals surface area contributed by atoms with Crippen LogP contribution in [0.1, 0.15) is 62.0 Å². The van der Waals surface area contributed by atoms with Crippen molar-refractivity contribution in [1.29, 1.82) is 0 Å². The first-order valence-corrected chi connectivity index (χ1v) is 10.3. The van der Waals surface area contributed by atoms with Gasteiger partial charge in [-0.1, -0.05) is 54.1 Å². The fourth-order valence-corrected chi connectivity index (χ4v) is 4.97. The van der Waals surface area contributed by atoms with Crippen LogP contribution in [0.25, 0.3) is 0 Å². The lowest BCUT2D eigenvalue weighted by Gasteiger charge is -2.31. The molecule has 1 nitrogen and oxygen atoms in total. The van der Waals surface area contributed by atoms with E-state index >= 15 is 0 Å². The van der Waals surface area contributed by atoms with E-state index in [2.05, 4.69) is 55.6 Å². The third-order valence-electron chi connectivity index (χ3n) is 6.58. The normalized spacial score (nSPS) is 29.0. The summed E-state index contributed by atoms with van der Waals surface area (Å²) < 4.78 is 0. The van der Waals surface area contributed by atoms with Crippen LogP contribution in [0, 0.1) is 0 Å². The lowest BCUT2D eigenvalue weighted by Crippen LogP contribution is -3.13. The highest BCUT2D eigenvalue weighted by Crippen LogP contribution is 2.34. The summed E-state index contributed by atoms with van der Waals surface area (Å²) in [5, 5.41) is 0. The van der Waals surface area contributed by atoms with Crippen molar-refractivity contribution in [2.45, 2.75) is 63.3 Å². The largest absolute Gasteiger partial charge is 1.00 e. The molecule has 1 fully saturated rings. The second-order valence-corrected chi connectivity index (χ2v) is 8.21. The van der Waals surface area contributed by atoms with Gasteiger partial charge < -0.3 is 17.3 Å². The maximum atomic E-state index is 2.50. The number of fused-ring (bicyclic) bond motifs is 1. The molecule has 0 radical (unpaired) electrons.